The lowest BCUT2D eigenvalue weighted by molar-refractivity contribution is -0.143. The molecule has 33 heavy (non-hydrogen) atoms. The molecule has 3 rings (SSSR count). The number of benzene rings is 1. The molecule has 172 valence electrons. The largest absolute Gasteiger partial charge is 0.507 e. The number of nitrogens with one attached hydrogen (secondary N) is 2. The van der Waals surface area contributed by atoms with Crippen LogP contribution in [0.1, 0.15) is 35.3 Å². The number of carbonyl (C=O) groups is 2. The first-order chi connectivity index (χ1) is 16.1. The minimum absolute atomic E-state index is 0.0518. The van der Waals surface area contributed by atoms with Gasteiger partial charge in [-0.3, -0.25) is 14.6 Å². The van der Waals surface area contributed by atoms with Crippen LogP contribution in [0.4, 0.5) is 5.95 Å². The monoisotopic (exact) mass is 451 g/mol. The van der Waals surface area contributed by atoms with E-state index in [4.69, 9.17) is 9.47 Å². The van der Waals surface area contributed by atoms with Crippen LogP contribution in [0.2, 0.25) is 0 Å². The van der Waals surface area contributed by atoms with Gasteiger partial charge in [0.05, 0.1) is 31.2 Å². The molecule has 0 bridgehead atoms. The van der Waals surface area contributed by atoms with E-state index in [2.05, 4.69) is 25.6 Å². The van der Waals surface area contributed by atoms with Crippen molar-refractivity contribution in [3.8, 4) is 11.5 Å². The normalized spacial score (nSPS) is 11.3. The molecule has 1 atom stereocenters. The topological polar surface area (TPSA) is 136 Å². The number of aromatic nitrogens is 3. The Balaban J connectivity index is 1.60. The maximum atomic E-state index is 12.8. The summed E-state index contributed by atoms with van der Waals surface area (Å²) in [5.74, 6) is -0.350. The highest BCUT2D eigenvalue weighted by molar-refractivity contribution is 5.97. The summed E-state index contributed by atoms with van der Waals surface area (Å²) < 4.78 is 10.6. The zero-order valence-electron chi connectivity index (χ0n) is 18.1. The molecular formula is C23H25N5O5. The summed E-state index contributed by atoms with van der Waals surface area (Å²) in [4.78, 5) is 36.9. The Morgan fingerprint density at radius 2 is 1.94 bits per heavy atom. The van der Waals surface area contributed by atoms with Crippen molar-refractivity contribution in [2.45, 2.75) is 19.4 Å². The molecule has 0 fully saturated rings. The summed E-state index contributed by atoms with van der Waals surface area (Å²) in [6.45, 7) is 2.70. The summed E-state index contributed by atoms with van der Waals surface area (Å²) in [6, 6.07) is 8.92. The van der Waals surface area contributed by atoms with Gasteiger partial charge in [0.1, 0.15) is 18.1 Å². The van der Waals surface area contributed by atoms with E-state index in [1.165, 1.54) is 12.1 Å². The average molecular weight is 451 g/mol. The van der Waals surface area contributed by atoms with Gasteiger partial charge in [0, 0.05) is 30.9 Å². The predicted molar refractivity (Wildman–Crippen MR) is 120 cm³/mol. The number of hydrogen-bond acceptors (Lipinski definition) is 9. The fourth-order valence-corrected chi connectivity index (χ4v) is 2.97. The molecular weight excluding hydrogens is 426 g/mol. The molecule has 0 aliphatic heterocycles. The third-order valence-electron chi connectivity index (χ3n) is 4.50. The van der Waals surface area contributed by atoms with Crippen LogP contribution in [0.3, 0.4) is 0 Å². The minimum atomic E-state index is -0.660. The third kappa shape index (κ3) is 7.17. The van der Waals surface area contributed by atoms with Gasteiger partial charge >= 0.3 is 5.97 Å². The van der Waals surface area contributed by atoms with Crippen LogP contribution < -0.4 is 15.4 Å². The highest BCUT2D eigenvalue weighted by Crippen LogP contribution is 2.25. The fraction of sp³-hybridized carbons (Fsp3) is 0.261. The van der Waals surface area contributed by atoms with Crippen LogP contribution in [-0.2, 0) is 9.53 Å². The van der Waals surface area contributed by atoms with Crippen LogP contribution in [0.15, 0.2) is 61.2 Å². The van der Waals surface area contributed by atoms with E-state index in [0.717, 1.165) is 0 Å². The van der Waals surface area contributed by atoms with E-state index < -0.39 is 17.9 Å². The quantitative estimate of drug-likeness (QED) is 0.297. The number of rotatable bonds is 11. The molecule has 0 radical (unpaired) electrons. The minimum Gasteiger partial charge on any atom is -0.507 e. The molecule has 3 aromatic rings. The number of anilines is 1. The number of esters is 1. The molecule has 0 aliphatic carbocycles. The van der Waals surface area contributed by atoms with Gasteiger partial charge in [-0.05, 0) is 36.8 Å². The van der Waals surface area contributed by atoms with Gasteiger partial charge in [-0.2, -0.15) is 0 Å². The maximum absolute atomic E-state index is 12.8. The molecule has 0 spiro atoms. The van der Waals surface area contributed by atoms with Crippen LogP contribution >= 0.6 is 0 Å². The van der Waals surface area contributed by atoms with Crippen molar-refractivity contribution in [3.05, 3.63) is 72.3 Å². The van der Waals surface area contributed by atoms with E-state index in [1.54, 1.807) is 56.0 Å². The van der Waals surface area contributed by atoms with E-state index in [9.17, 15) is 14.7 Å². The third-order valence-corrected chi connectivity index (χ3v) is 4.50. The average Bonchev–Trinajstić information content (AvgIpc) is 2.83. The van der Waals surface area contributed by atoms with Gasteiger partial charge in [0.25, 0.3) is 5.91 Å². The first-order valence-electron chi connectivity index (χ1n) is 10.4. The van der Waals surface area contributed by atoms with Gasteiger partial charge in [-0.1, -0.05) is 6.07 Å². The number of phenols is 1. The highest BCUT2D eigenvalue weighted by atomic mass is 16.5. The Kier molecular flexibility index (Phi) is 8.52. The fourth-order valence-electron chi connectivity index (χ4n) is 2.97. The Labute approximate surface area is 191 Å². The summed E-state index contributed by atoms with van der Waals surface area (Å²) in [6.07, 6.45) is 6.35. The molecule has 2 heterocycles. The molecule has 1 aromatic carbocycles. The zero-order chi connectivity index (χ0) is 23.5. The molecule has 0 saturated carbocycles. The molecule has 0 saturated heterocycles. The van der Waals surface area contributed by atoms with Gasteiger partial charge < -0.3 is 25.2 Å². The molecule has 3 N–H and O–H groups in total. The maximum Gasteiger partial charge on any atom is 0.308 e. The Morgan fingerprint density at radius 1 is 1.12 bits per heavy atom. The number of aromatic hydroxyl groups is 1. The van der Waals surface area contributed by atoms with Crippen molar-refractivity contribution in [1.29, 1.82) is 0 Å². The second-order valence-electron chi connectivity index (χ2n) is 6.85. The summed E-state index contributed by atoms with van der Waals surface area (Å²) >= 11 is 0. The van der Waals surface area contributed by atoms with Gasteiger partial charge in [-0.25, -0.2) is 9.97 Å². The van der Waals surface area contributed by atoms with E-state index in [-0.39, 0.29) is 24.3 Å². The summed E-state index contributed by atoms with van der Waals surface area (Å²) in [7, 11) is 0. The van der Waals surface area contributed by atoms with E-state index in [1.807, 2.05) is 0 Å². The lowest BCUT2D eigenvalue weighted by Gasteiger charge is -2.19. The van der Waals surface area contributed by atoms with Crippen molar-refractivity contribution in [3.63, 3.8) is 0 Å². The van der Waals surface area contributed by atoms with Crippen molar-refractivity contribution >= 4 is 17.8 Å². The Bertz CT molecular complexity index is 1050. The summed E-state index contributed by atoms with van der Waals surface area (Å²) in [5.41, 5.74) is 0.698. The number of ether oxygens (including phenoxy) is 2. The SMILES string of the molecule is CCOC(=O)CC(NC(=O)c1ccc(OCCNc2ncccn2)cc1O)c1cccnc1. The molecule has 1 amide bonds. The van der Waals surface area contributed by atoms with Crippen molar-refractivity contribution in [2.75, 3.05) is 25.1 Å². The second-order valence-corrected chi connectivity index (χ2v) is 6.85. The Morgan fingerprint density at radius 3 is 2.64 bits per heavy atom. The lowest BCUT2D eigenvalue weighted by Crippen LogP contribution is -2.30. The highest BCUT2D eigenvalue weighted by Gasteiger charge is 2.22. The molecule has 2 aromatic heterocycles. The van der Waals surface area contributed by atoms with Gasteiger partial charge in [0.15, 0.2) is 0 Å². The Hall–Kier alpha value is -4.21. The van der Waals surface area contributed by atoms with Gasteiger partial charge in [-0.15, -0.1) is 0 Å². The number of amides is 1. The van der Waals surface area contributed by atoms with Crippen molar-refractivity contribution in [1.82, 2.24) is 20.3 Å². The number of hydrogen-bond donors (Lipinski definition) is 3. The zero-order valence-corrected chi connectivity index (χ0v) is 18.1. The molecule has 10 nitrogen and oxygen atoms in total. The van der Waals surface area contributed by atoms with Crippen molar-refractivity contribution < 1.29 is 24.2 Å². The van der Waals surface area contributed by atoms with Crippen LogP contribution in [0.25, 0.3) is 0 Å². The lowest BCUT2D eigenvalue weighted by atomic mass is 10.0. The number of nitrogens with zero attached hydrogens (tertiary/aromatic N) is 3. The smallest absolute Gasteiger partial charge is 0.308 e. The van der Waals surface area contributed by atoms with E-state index in [0.29, 0.717) is 30.4 Å². The molecule has 1 unspecified atom stereocenters. The van der Waals surface area contributed by atoms with E-state index >= 15 is 0 Å². The molecule has 10 heteroatoms. The summed E-state index contributed by atoms with van der Waals surface area (Å²) in [5, 5.41) is 16.1. The second kappa shape index (κ2) is 12.0. The molecule has 0 aliphatic rings. The van der Waals surface area contributed by atoms with Crippen LogP contribution in [0, 0.1) is 0 Å². The standard InChI is InChI=1S/C23H25N5O5/c1-2-32-21(30)14-19(16-5-3-8-24-15-16)28-22(31)18-7-6-17(13-20(18)29)33-12-11-27-23-25-9-4-10-26-23/h3-10,13,15,19,29H,2,11-12,14H2,1H3,(H,28,31)(H,25,26,27). The number of pyridine rings is 1. The predicted octanol–water partition coefficient (Wildman–Crippen LogP) is 2.49. The van der Waals surface area contributed by atoms with Gasteiger partial charge in [0.2, 0.25) is 5.95 Å². The van der Waals surface area contributed by atoms with Crippen molar-refractivity contribution in [2.24, 2.45) is 0 Å². The number of carbonyl (C=O) groups excluding carboxylic acids is 2. The van der Waals surface area contributed by atoms with Crippen LogP contribution in [-0.4, -0.2) is 51.7 Å². The van der Waals surface area contributed by atoms with Crippen LogP contribution in [0.5, 0.6) is 11.5 Å². The first kappa shape index (κ1) is 23.5. The first-order valence-corrected chi connectivity index (χ1v) is 10.4. The number of phenolic OH excluding ortho intramolecular Hbond substituents is 1.